The van der Waals surface area contributed by atoms with Gasteiger partial charge in [0, 0.05) is 0 Å². The third-order valence-corrected chi connectivity index (χ3v) is 2.85. The second-order valence-corrected chi connectivity index (χ2v) is 3.95. The van der Waals surface area contributed by atoms with Crippen molar-refractivity contribution in [3.8, 4) is 0 Å². The molecule has 4 unspecified atom stereocenters. The quantitative estimate of drug-likeness (QED) is 0.369. The average Bonchev–Trinajstić information content (AvgIpc) is 2.79. The highest BCUT2D eigenvalue weighted by Gasteiger charge is 2.42. The van der Waals surface area contributed by atoms with E-state index in [1.165, 1.54) is 0 Å². The molecule has 0 aromatic carbocycles. The average molecular weight is 196 g/mol. The molecule has 3 rings (SSSR count). The highest BCUT2D eigenvalue weighted by molar-refractivity contribution is 5.74. The van der Waals surface area contributed by atoms with E-state index in [1.54, 1.807) is 0 Å². The molecule has 0 amide bonds. The molecule has 4 atom stereocenters. The topological polar surface area (TPSA) is 48.1 Å². The number of hydrogen-bond acceptors (Lipinski definition) is 4. The van der Waals surface area contributed by atoms with Crippen LogP contribution in [0.25, 0.3) is 0 Å². The van der Waals surface area contributed by atoms with E-state index in [2.05, 4.69) is 0 Å². The van der Waals surface area contributed by atoms with Gasteiger partial charge in [0.25, 0.3) is 0 Å². The van der Waals surface area contributed by atoms with Crippen molar-refractivity contribution in [2.75, 3.05) is 13.2 Å². The van der Waals surface area contributed by atoms with Crippen molar-refractivity contribution in [3.05, 3.63) is 12.2 Å². The number of carbonyl (C=O) groups excluding carboxylic acids is 1. The summed E-state index contributed by atoms with van der Waals surface area (Å²) >= 11 is 0. The molecule has 76 valence electrons. The number of carbonyl (C=O) groups is 1. The van der Waals surface area contributed by atoms with Gasteiger partial charge in [0.15, 0.2) is 0 Å². The molecule has 2 bridgehead atoms. The smallest absolute Gasteiger partial charge is 0.312 e. The van der Waals surface area contributed by atoms with Gasteiger partial charge in [-0.05, 0) is 6.42 Å². The van der Waals surface area contributed by atoms with Crippen LogP contribution >= 0.6 is 0 Å². The fourth-order valence-corrected chi connectivity index (χ4v) is 1.95. The van der Waals surface area contributed by atoms with Crippen LogP contribution < -0.4 is 0 Å². The second-order valence-electron chi connectivity index (χ2n) is 3.95. The Hall–Kier alpha value is -0.870. The molecule has 0 spiro atoms. The lowest BCUT2D eigenvalue weighted by Gasteiger charge is -2.13. The minimum Gasteiger partial charge on any atom is -0.463 e. The number of ether oxygens (including phenoxy) is 3. The fourth-order valence-electron chi connectivity index (χ4n) is 1.95. The lowest BCUT2D eigenvalue weighted by atomic mass is 9.95. The summed E-state index contributed by atoms with van der Waals surface area (Å²) in [6.45, 7) is 1.12. The van der Waals surface area contributed by atoms with Crippen molar-refractivity contribution in [2.24, 2.45) is 5.92 Å². The van der Waals surface area contributed by atoms with Gasteiger partial charge in [-0.15, -0.1) is 0 Å². The van der Waals surface area contributed by atoms with Gasteiger partial charge in [0.2, 0.25) is 0 Å². The molecule has 0 aliphatic carbocycles. The standard InChI is InChI=1S/C10H12O4/c11-10(13-5-7-4-12-7)8-3-6-1-2-9(8)14-6/h1-2,6-9H,3-5H2. The summed E-state index contributed by atoms with van der Waals surface area (Å²) in [6.07, 6.45) is 4.97. The SMILES string of the molecule is O=C(OCC1CO1)C1CC2C=CC1O2. The Morgan fingerprint density at radius 1 is 1.50 bits per heavy atom. The Morgan fingerprint density at radius 3 is 2.93 bits per heavy atom. The van der Waals surface area contributed by atoms with Gasteiger partial charge in [-0.2, -0.15) is 0 Å². The Kier molecular flexibility index (Phi) is 1.85. The van der Waals surface area contributed by atoms with Crippen LogP contribution in [0.4, 0.5) is 0 Å². The molecule has 14 heavy (non-hydrogen) atoms. The van der Waals surface area contributed by atoms with Crippen molar-refractivity contribution >= 4 is 5.97 Å². The third-order valence-electron chi connectivity index (χ3n) is 2.85. The van der Waals surface area contributed by atoms with Crippen LogP contribution in [0.1, 0.15) is 6.42 Å². The molecular weight excluding hydrogens is 184 g/mol. The van der Waals surface area contributed by atoms with E-state index in [9.17, 15) is 4.79 Å². The van der Waals surface area contributed by atoms with E-state index < -0.39 is 0 Å². The largest absolute Gasteiger partial charge is 0.463 e. The van der Waals surface area contributed by atoms with Gasteiger partial charge in [0.1, 0.15) is 12.7 Å². The zero-order valence-electron chi connectivity index (χ0n) is 7.72. The van der Waals surface area contributed by atoms with Crippen LogP contribution in [0.3, 0.4) is 0 Å². The predicted molar refractivity (Wildman–Crippen MR) is 46.6 cm³/mol. The summed E-state index contributed by atoms with van der Waals surface area (Å²) in [5.41, 5.74) is 0. The minimum atomic E-state index is -0.141. The lowest BCUT2D eigenvalue weighted by Crippen LogP contribution is -2.26. The Labute approximate surface area is 81.8 Å². The van der Waals surface area contributed by atoms with Crippen LogP contribution in [0, 0.1) is 5.92 Å². The predicted octanol–water partition coefficient (Wildman–Crippen LogP) is 0.272. The zero-order valence-corrected chi connectivity index (χ0v) is 7.72. The van der Waals surface area contributed by atoms with Crippen LogP contribution in [0.15, 0.2) is 12.2 Å². The second kappa shape index (κ2) is 3.07. The maximum atomic E-state index is 11.6. The van der Waals surface area contributed by atoms with Gasteiger partial charge in [-0.25, -0.2) is 0 Å². The first kappa shape index (κ1) is 8.44. The van der Waals surface area contributed by atoms with E-state index in [1.807, 2.05) is 12.2 Å². The molecule has 4 nitrogen and oxygen atoms in total. The molecule has 3 aliphatic heterocycles. The van der Waals surface area contributed by atoms with Gasteiger partial charge in [-0.1, -0.05) is 12.2 Å². The van der Waals surface area contributed by atoms with Crippen LogP contribution in [-0.4, -0.2) is 37.5 Å². The third kappa shape index (κ3) is 1.44. The molecule has 0 N–H and O–H groups in total. The first-order chi connectivity index (χ1) is 6.83. The molecular formula is C10H12O4. The Bertz CT molecular complexity index is 282. The van der Waals surface area contributed by atoms with Gasteiger partial charge < -0.3 is 14.2 Å². The Morgan fingerprint density at radius 2 is 2.36 bits per heavy atom. The molecule has 4 heteroatoms. The Balaban J connectivity index is 1.54. The normalized spacial score (nSPS) is 42.9. The van der Waals surface area contributed by atoms with Gasteiger partial charge in [0.05, 0.1) is 24.7 Å². The van der Waals surface area contributed by atoms with Crippen molar-refractivity contribution in [2.45, 2.75) is 24.7 Å². The number of rotatable bonds is 3. The first-order valence-corrected chi connectivity index (χ1v) is 4.95. The number of fused-ring (bicyclic) bond motifs is 2. The maximum absolute atomic E-state index is 11.6. The molecule has 3 aliphatic rings. The van der Waals surface area contributed by atoms with Crippen LogP contribution in [-0.2, 0) is 19.0 Å². The molecule has 3 heterocycles. The molecule has 2 fully saturated rings. The van der Waals surface area contributed by atoms with Gasteiger partial charge >= 0.3 is 5.97 Å². The van der Waals surface area contributed by atoms with Crippen LogP contribution in [0.5, 0.6) is 0 Å². The monoisotopic (exact) mass is 196 g/mol. The summed E-state index contributed by atoms with van der Waals surface area (Å²) in [7, 11) is 0. The summed E-state index contributed by atoms with van der Waals surface area (Å²) in [4.78, 5) is 11.6. The highest BCUT2D eigenvalue weighted by atomic mass is 16.6. The van der Waals surface area contributed by atoms with Crippen molar-refractivity contribution in [1.29, 1.82) is 0 Å². The number of hydrogen-bond donors (Lipinski definition) is 0. The molecule has 0 aromatic heterocycles. The van der Waals surface area contributed by atoms with E-state index in [0.717, 1.165) is 13.0 Å². The van der Waals surface area contributed by atoms with Crippen molar-refractivity contribution in [1.82, 2.24) is 0 Å². The van der Waals surface area contributed by atoms with Crippen LogP contribution in [0.2, 0.25) is 0 Å². The zero-order chi connectivity index (χ0) is 9.54. The molecule has 0 radical (unpaired) electrons. The van der Waals surface area contributed by atoms with Crippen molar-refractivity contribution < 1.29 is 19.0 Å². The van der Waals surface area contributed by atoms with E-state index >= 15 is 0 Å². The number of epoxide rings is 1. The number of esters is 1. The van der Waals surface area contributed by atoms with E-state index in [-0.39, 0.29) is 30.2 Å². The molecule has 0 saturated carbocycles. The van der Waals surface area contributed by atoms with E-state index in [4.69, 9.17) is 14.2 Å². The molecule has 0 aromatic rings. The van der Waals surface area contributed by atoms with E-state index in [0.29, 0.717) is 6.61 Å². The summed E-state index contributed by atoms with van der Waals surface area (Å²) in [5, 5.41) is 0. The van der Waals surface area contributed by atoms with Gasteiger partial charge in [-0.3, -0.25) is 4.79 Å². The minimum absolute atomic E-state index is 0.0485. The molecule has 2 saturated heterocycles. The fraction of sp³-hybridized carbons (Fsp3) is 0.700. The maximum Gasteiger partial charge on any atom is 0.312 e. The lowest BCUT2D eigenvalue weighted by molar-refractivity contribution is -0.150. The summed E-state index contributed by atoms with van der Waals surface area (Å²) < 4.78 is 15.6. The first-order valence-electron chi connectivity index (χ1n) is 4.95. The summed E-state index contributed by atoms with van der Waals surface area (Å²) in [5.74, 6) is -0.235. The summed E-state index contributed by atoms with van der Waals surface area (Å²) in [6, 6.07) is 0. The highest BCUT2D eigenvalue weighted by Crippen LogP contribution is 2.34. The van der Waals surface area contributed by atoms with Crippen molar-refractivity contribution in [3.63, 3.8) is 0 Å².